The SMILES string of the molecule is Fc1ccc([B-](c2ccc(F)cc2)(c2ccc(F)cc2)c2ccc(F)cc2)cc1.[Ag+].[Ag]. The average Bonchev–Trinajstić information content (AvgIpc) is 2.73. The van der Waals surface area contributed by atoms with E-state index in [-0.39, 0.29) is 44.8 Å². The molecule has 165 valence electrons. The molecule has 0 bridgehead atoms. The van der Waals surface area contributed by atoms with Crippen LogP contribution in [0.25, 0.3) is 0 Å². The molecule has 0 saturated heterocycles. The third-order valence-corrected chi connectivity index (χ3v) is 5.48. The maximum Gasteiger partial charge on any atom is 1.00 e. The molecule has 0 fully saturated rings. The Hall–Kier alpha value is -1.85. The molecule has 4 aromatic rings. The molecule has 7 heteroatoms. The van der Waals surface area contributed by atoms with E-state index < -0.39 is 29.4 Å². The Balaban J connectivity index is 0.00000171. The van der Waals surface area contributed by atoms with E-state index in [1.54, 1.807) is 48.5 Å². The van der Waals surface area contributed by atoms with Crippen LogP contribution in [-0.4, -0.2) is 6.15 Å². The van der Waals surface area contributed by atoms with E-state index in [1.807, 2.05) is 0 Å². The van der Waals surface area contributed by atoms with E-state index in [4.69, 9.17) is 0 Å². The fraction of sp³-hybridized carbons (Fsp3) is 0. The maximum atomic E-state index is 13.7. The molecule has 0 atom stereocenters. The van der Waals surface area contributed by atoms with Gasteiger partial charge in [-0.05, 0) is 48.5 Å². The minimum absolute atomic E-state index is 0. The standard InChI is InChI=1S/C24H16BF4.2Ag/c26-21-9-1-17(2-10-21)25(18-3-11-22(27)12-4-18,19-5-13-23(28)14-6-19)20-7-15-24(29)16-8-20;;/h1-16H;;/q-1;;+1. The second-order valence-electron chi connectivity index (χ2n) is 7.07. The van der Waals surface area contributed by atoms with Gasteiger partial charge in [-0.2, -0.15) is 21.9 Å². The van der Waals surface area contributed by atoms with Crippen molar-refractivity contribution in [1.29, 1.82) is 0 Å². The molecule has 0 heterocycles. The van der Waals surface area contributed by atoms with E-state index >= 15 is 0 Å². The summed E-state index contributed by atoms with van der Waals surface area (Å²) in [7, 11) is 0. The number of benzene rings is 4. The van der Waals surface area contributed by atoms with Crippen molar-refractivity contribution in [3.63, 3.8) is 0 Å². The van der Waals surface area contributed by atoms with Crippen molar-refractivity contribution < 1.29 is 62.3 Å². The molecule has 0 saturated carbocycles. The van der Waals surface area contributed by atoms with Crippen molar-refractivity contribution >= 4 is 28.0 Å². The monoisotopic (exact) mass is 605 g/mol. The molecular weight excluding hydrogens is 591 g/mol. The number of rotatable bonds is 4. The zero-order valence-electron chi connectivity index (χ0n) is 15.9. The van der Waals surface area contributed by atoms with Crippen LogP contribution in [0.3, 0.4) is 0 Å². The molecule has 4 rings (SSSR count). The van der Waals surface area contributed by atoms with Gasteiger partial charge in [-0.15, -0.1) is 0 Å². The Morgan fingerprint density at radius 1 is 0.355 bits per heavy atom. The van der Waals surface area contributed by atoms with E-state index in [0.29, 0.717) is 0 Å². The minimum Gasteiger partial charge on any atom is -0.207 e. The summed E-state index contributed by atoms with van der Waals surface area (Å²) in [4.78, 5) is 0. The first-order valence-electron chi connectivity index (χ1n) is 9.20. The van der Waals surface area contributed by atoms with Crippen molar-refractivity contribution in [2.75, 3.05) is 0 Å². The molecule has 0 aliphatic carbocycles. The Morgan fingerprint density at radius 3 is 0.677 bits per heavy atom. The van der Waals surface area contributed by atoms with Crippen LogP contribution in [-0.2, 0) is 44.8 Å². The van der Waals surface area contributed by atoms with Crippen LogP contribution in [0.15, 0.2) is 97.1 Å². The predicted molar refractivity (Wildman–Crippen MR) is 110 cm³/mol. The molecule has 31 heavy (non-hydrogen) atoms. The molecule has 0 nitrogen and oxygen atoms in total. The van der Waals surface area contributed by atoms with E-state index in [1.165, 1.54) is 48.5 Å². The van der Waals surface area contributed by atoms with Crippen LogP contribution in [0.4, 0.5) is 17.6 Å². The van der Waals surface area contributed by atoms with Crippen LogP contribution in [0, 0.1) is 23.3 Å². The zero-order valence-corrected chi connectivity index (χ0v) is 18.9. The first-order chi connectivity index (χ1) is 14.0. The summed E-state index contributed by atoms with van der Waals surface area (Å²) in [6, 6.07) is 24.1. The Morgan fingerprint density at radius 2 is 0.516 bits per heavy atom. The number of hydrogen-bond acceptors (Lipinski definition) is 0. The summed E-state index contributed by atoms with van der Waals surface area (Å²) < 4.78 is 54.8. The molecular formula is C24H16Ag2BF4. The first-order valence-corrected chi connectivity index (χ1v) is 9.20. The summed E-state index contributed by atoms with van der Waals surface area (Å²) >= 11 is 0. The third kappa shape index (κ3) is 4.98. The smallest absolute Gasteiger partial charge is 0.207 e. The minimum atomic E-state index is -1.94. The molecule has 4 aromatic carbocycles. The largest absolute Gasteiger partial charge is 1.00 e. The topological polar surface area (TPSA) is 0 Å². The van der Waals surface area contributed by atoms with Gasteiger partial charge in [0.2, 0.25) is 0 Å². The van der Waals surface area contributed by atoms with Crippen molar-refractivity contribution in [2.45, 2.75) is 0 Å². The summed E-state index contributed by atoms with van der Waals surface area (Å²) in [5.41, 5.74) is 2.99. The van der Waals surface area contributed by atoms with Gasteiger partial charge in [0.1, 0.15) is 29.4 Å². The van der Waals surface area contributed by atoms with Crippen molar-refractivity contribution in [3.05, 3.63) is 120 Å². The Bertz CT molecular complexity index is 927. The molecule has 1 radical (unpaired) electrons. The van der Waals surface area contributed by atoms with Gasteiger partial charge < -0.3 is 0 Å². The summed E-state index contributed by atoms with van der Waals surface area (Å²) in [6.45, 7) is 0. The Labute approximate surface area is 209 Å². The van der Waals surface area contributed by atoms with Crippen molar-refractivity contribution in [3.8, 4) is 0 Å². The fourth-order valence-corrected chi connectivity index (χ4v) is 4.16. The van der Waals surface area contributed by atoms with Crippen LogP contribution in [0.5, 0.6) is 0 Å². The van der Waals surface area contributed by atoms with Crippen molar-refractivity contribution in [2.24, 2.45) is 0 Å². The van der Waals surface area contributed by atoms with E-state index in [2.05, 4.69) is 0 Å². The van der Waals surface area contributed by atoms with Gasteiger partial charge in [0.25, 0.3) is 0 Å². The van der Waals surface area contributed by atoms with Gasteiger partial charge >= 0.3 is 22.4 Å². The van der Waals surface area contributed by atoms with Crippen LogP contribution in [0.1, 0.15) is 0 Å². The Kier molecular flexibility index (Phi) is 8.72. The summed E-state index contributed by atoms with van der Waals surface area (Å²) in [5.74, 6) is -1.57. The first kappa shape index (κ1) is 25.4. The number of halogens is 4. The quantitative estimate of drug-likeness (QED) is 0.246. The van der Waals surface area contributed by atoms with Gasteiger partial charge in [-0.1, -0.05) is 48.5 Å². The van der Waals surface area contributed by atoms with E-state index in [9.17, 15) is 17.6 Å². The predicted octanol–water partition coefficient (Wildman–Crippen LogP) is 3.62. The van der Waals surface area contributed by atoms with Crippen LogP contribution < -0.4 is 21.9 Å². The molecule has 0 amide bonds. The van der Waals surface area contributed by atoms with Gasteiger partial charge in [-0.3, -0.25) is 0 Å². The van der Waals surface area contributed by atoms with Crippen LogP contribution in [0.2, 0.25) is 0 Å². The molecule has 0 spiro atoms. The normalized spacial score (nSPS) is 10.7. The maximum absolute atomic E-state index is 13.7. The zero-order chi connectivity index (χ0) is 20.4. The van der Waals surface area contributed by atoms with Crippen LogP contribution >= 0.6 is 0 Å². The third-order valence-electron chi connectivity index (χ3n) is 5.48. The van der Waals surface area contributed by atoms with Gasteiger partial charge in [-0.25, -0.2) is 17.6 Å². The fourth-order valence-electron chi connectivity index (χ4n) is 4.16. The number of hydrogen-bond donors (Lipinski definition) is 0. The molecule has 0 aliphatic rings. The molecule has 0 aromatic heterocycles. The van der Waals surface area contributed by atoms with Gasteiger partial charge in [0.15, 0.2) is 0 Å². The molecule has 0 N–H and O–H groups in total. The summed E-state index contributed by atoms with van der Waals surface area (Å²) in [6.07, 6.45) is -1.94. The van der Waals surface area contributed by atoms with E-state index in [0.717, 1.165) is 21.9 Å². The van der Waals surface area contributed by atoms with Gasteiger partial charge in [0.05, 0.1) is 0 Å². The summed E-state index contributed by atoms with van der Waals surface area (Å²) in [5, 5.41) is 0. The average molecular weight is 607 g/mol. The van der Waals surface area contributed by atoms with Crippen molar-refractivity contribution in [1.82, 2.24) is 0 Å². The van der Waals surface area contributed by atoms with Gasteiger partial charge in [0, 0.05) is 22.4 Å². The molecule has 0 unspecified atom stereocenters. The second-order valence-corrected chi connectivity index (χ2v) is 7.07. The molecule has 0 aliphatic heterocycles. The second kappa shape index (κ2) is 10.6.